The first-order chi connectivity index (χ1) is 15.5. The number of aromatic nitrogens is 2. The third-order valence-corrected chi connectivity index (χ3v) is 7.10. The molecule has 2 atom stereocenters. The fraction of sp³-hybridized carbons (Fsp3) is 0.609. The van der Waals surface area contributed by atoms with Crippen LogP contribution in [0.5, 0.6) is 0 Å². The van der Waals surface area contributed by atoms with Gasteiger partial charge in [-0.25, -0.2) is 9.18 Å². The smallest absolute Gasteiger partial charge is 0.348 e. The Balaban J connectivity index is 1.36. The topological polar surface area (TPSA) is 85.6 Å². The second-order valence-electron chi connectivity index (χ2n) is 9.24. The standard InChI is InChI=1S/C23H29FN4O4/c1-26-22-16(15-10-14(11-15)13-32-19-8-9-25-12-17(19)24)4-2-5-18(22)27(23(26)31)28-20(29)6-3-7-21(28)30/h2,4-5,14-15,17,19,25H,3,6-13H2,1H3/t14?,15?,17-,19-/m0/s1. The van der Waals surface area contributed by atoms with Gasteiger partial charge in [-0.05, 0) is 55.7 Å². The first-order valence-electron chi connectivity index (χ1n) is 11.5. The van der Waals surface area contributed by atoms with Crippen LogP contribution in [-0.2, 0) is 21.4 Å². The van der Waals surface area contributed by atoms with Crippen molar-refractivity contribution in [2.24, 2.45) is 13.0 Å². The van der Waals surface area contributed by atoms with Gasteiger partial charge in [-0.3, -0.25) is 14.2 Å². The van der Waals surface area contributed by atoms with Crippen LogP contribution in [0.3, 0.4) is 0 Å². The molecule has 1 N–H and O–H groups in total. The molecule has 0 radical (unpaired) electrons. The van der Waals surface area contributed by atoms with Gasteiger partial charge in [-0.15, -0.1) is 0 Å². The summed E-state index contributed by atoms with van der Waals surface area (Å²) in [5.74, 6) is -0.0604. The molecule has 1 saturated carbocycles. The van der Waals surface area contributed by atoms with Crippen molar-refractivity contribution in [1.29, 1.82) is 0 Å². The van der Waals surface area contributed by atoms with Gasteiger partial charge in [0.25, 0.3) is 0 Å². The summed E-state index contributed by atoms with van der Waals surface area (Å²) in [5.41, 5.74) is 1.98. The van der Waals surface area contributed by atoms with E-state index in [0.717, 1.165) is 35.5 Å². The minimum atomic E-state index is -0.956. The molecule has 0 unspecified atom stereocenters. The fourth-order valence-electron chi connectivity index (χ4n) is 5.28. The molecule has 32 heavy (non-hydrogen) atoms. The van der Waals surface area contributed by atoms with E-state index in [9.17, 15) is 18.8 Å². The molecule has 0 spiro atoms. The maximum Gasteiger partial charge on any atom is 0.348 e. The summed E-state index contributed by atoms with van der Waals surface area (Å²) in [5, 5.41) is 4.05. The number of aryl methyl sites for hydroxylation is 1. The lowest BCUT2D eigenvalue weighted by atomic mass is 9.71. The number of para-hydroxylation sites is 1. The lowest BCUT2D eigenvalue weighted by Crippen LogP contribution is -2.52. The van der Waals surface area contributed by atoms with E-state index >= 15 is 0 Å². The van der Waals surface area contributed by atoms with Gasteiger partial charge >= 0.3 is 5.69 Å². The van der Waals surface area contributed by atoms with E-state index in [1.54, 1.807) is 13.1 Å². The molecule has 9 heteroatoms. The second kappa shape index (κ2) is 8.44. The number of hydrogen-bond acceptors (Lipinski definition) is 5. The zero-order valence-electron chi connectivity index (χ0n) is 18.3. The highest BCUT2D eigenvalue weighted by atomic mass is 19.1. The van der Waals surface area contributed by atoms with Gasteiger partial charge in [0, 0.05) is 33.0 Å². The molecular formula is C23H29FN4O4. The van der Waals surface area contributed by atoms with Crippen LogP contribution < -0.4 is 16.0 Å². The Hall–Kier alpha value is -2.52. The van der Waals surface area contributed by atoms with Crippen LogP contribution in [0.15, 0.2) is 23.0 Å². The summed E-state index contributed by atoms with van der Waals surface area (Å²) in [6.07, 6.45) is 2.26. The number of nitrogens with one attached hydrogen (secondary N) is 1. The molecule has 2 saturated heterocycles. The van der Waals surface area contributed by atoms with Gasteiger partial charge in [-0.2, -0.15) is 9.69 Å². The van der Waals surface area contributed by atoms with Crippen LogP contribution in [0.25, 0.3) is 11.0 Å². The highest BCUT2D eigenvalue weighted by Gasteiger charge is 2.36. The summed E-state index contributed by atoms with van der Waals surface area (Å²) in [6.45, 7) is 1.69. The van der Waals surface area contributed by atoms with Crippen molar-refractivity contribution in [3.63, 3.8) is 0 Å². The minimum absolute atomic E-state index is 0.259. The predicted molar refractivity (Wildman–Crippen MR) is 117 cm³/mol. The Labute approximate surface area is 185 Å². The van der Waals surface area contributed by atoms with E-state index in [1.807, 2.05) is 12.1 Å². The van der Waals surface area contributed by atoms with Gasteiger partial charge in [0.05, 0.1) is 17.1 Å². The van der Waals surface area contributed by atoms with Crippen LogP contribution >= 0.6 is 0 Å². The Morgan fingerprint density at radius 2 is 1.91 bits per heavy atom. The SMILES string of the molecule is Cn1c(=O)n(N2C(=O)CCCC2=O)c2cccc(C3CC(CO[C@H]4CCNC[C@@H]4F)C3)c21. The normalized spacial score (nSPS) is 28.9. The van der Waals surface area contributed by atoms with Gasteiger partial charge in [-0.1, -0.05) is 12.1 Å². The van der Waals surface area contributed by atoms with Crippen LogP contribution in [0.1, 0.15) is 50.0 Å². The number of nitrogens with zero attached hydrogens (tertiary/aromatic N) is 3. The number of hydrogen-bond donors (Lipinski definition) is 1. The van der Waals surface area contributed by atoms with Crippen molar-refractivity contribution < 1.29 is 18.7 Å². The number of rotatable bonds is 5. The molecule has 0 bridgehead atoms. The number of carbonyl (C=O) groups is 2. The Kier molecular flexibility index (Phi) is 5.63. The van der Waals surface area contributed by atoms with Gasteiger partial charge in [0.1, 0.15) is 6.17 Å². The van der Waals surface area contributed by atoms with Crippen molar-refractivity contribution in [3.05, 3.63) is 34.2 Å². The summed E-state index contributed by atoms with van der Waals surface area (Å²) in [4.78, 5) is 38.0. The number of piperidine rings is 2. The number of imidazole rings is 1. The number of alkyl halides is 1. The largest absolute Gasteiger partial charge is 0.375 e. The maximum absolute atomic E-state index is 14.0. The van der Waals surface area contributed by atoms with Gasteiger partial charge < -0.3 is 10.1 Å². The molecule has 2 aromatic rings. The molecule has 2 aliphatic heterocycles. The molecule has 1 aromatic carbocycles. The fourth-order valence-corrected chi connectivity index (χ4v) is 5.28. The Morgan fingerprint density at radius 1 is 1.16 bits per heavy atom. The van der Waals surface area contributed by atoms with Crippen LogP contribution in [0.4, 0.5) is 4.39 Å². The Morgan fingerprint density at radius 3 is 2.62 bits per heavy atom. The molecule has 3 heterocycles. The first-order valence-corrected chi connectivity index (χ1v) is 11.5. The lowest BCUT2D eigenvalue weighted by Gasteiger charge is -2.37. The molecular weight excluding hydrogens is 415 g/mol. The number of carbonyl (C=O) groups excluding carboxylic acids is 2. The third kappa shape index (κ3) is 3.57. The van der Waals surface area contributed by atoms with E-state index in [1.165, 1.54) is 9.24 Å². The highest BCUT2D eigenvalue weighted by Crippen LogP contribution is 2.44. The molecule has 1 aromatic heterocycles. The summed E-state index contributed by atoms with van der Waals surface area (Å²) in [6, 6.07) is 5.67. The van der Waals surface area contributed by atoms with E-state index in [2.05, 4.69) is 5.32 Å². The van der Waals surface area contributed by atoms with E-state index in [0.29, 0.717) is 37.4 Å². The van der Waals surface area contributed by atoms with Crippen molar-refractivity contribution >= 4 is 22.8 Å². The number of amides is 2. The monoisotopic (exact) mass is 444 g/mol. The lowest BCUT2D eigenvalue weighted by molar-refractivity contribution is -0.131. The Bertz CT molecular complexity index is 1090. The highest BCUT2D eigenvalue weighted by molar-refractivity contribution is 6.11. The zero-order valence-corrected chi connectivity index (χ0v) is 18.3. The molecule has 3 aliphatic rings. The number of fused-ring (bicyclic) bond motifs is 1. The summed E-state index contributed by atoms with van der Waals surface area (Å²) < 4.78 is 22.6. The van der Waals surface area contributed by atoms with Crippen molar-refractivity contribution in [2.45, 2.75) is 56.7 Å². The minimum Gasteiger partial charge on any atom is -0.375 e. The molecule has 5 rings (SSSR count). The van der Waals surface area contributed by atoms with Gasteiger partial charge in [0.2, 0.25) is 11.8 Å². The number of halogens is 1. The zero-order chi connectivity index (χ0) is 22.4. The van der Waals surface area contributed by atoms with Crippen molar-refractivity contribution in [3.8, 4) is 0 Å². The number of imide groups is 1. The molecule has 172 valence electrons. The van der Waals surface area contributed by atoms with Crippen LogP contribution in [-0.4, -0.2) is 53.0 Å². The van der Waals surface area contributed by atoms with E-state index < -0.39 is 11.9 Å². The molecule has 3 fully saturated rings. The predicted octanol–water partition coefficient (Wildman–Crippen LogP) is 1.73. The average molecular weight is 445 g/mol. The van der Waals surface area contributed by atoms with Crippen LogP contribution in [0.2, 0.25) is 0 Å². The number of ether oxygens (including phenoxy) is 1. The second-order valence-corrected chi connectivity index (χ2v) is 9.24. The van der Waals surface area contributed by atoms with Crippen LogP contribution in [0, 0.1) is 5.92 Å². The van der Waals surface area contributed by atoms with E-state index in [4.69, 9.17) is 4.74 Å². The average Bonchev–Trinajstić information content (AvgIpc) is 2.99. The molecule has 2 amide bonds. The van der Waals surface area contributed by atoms with Gasteiger partial charge in [0.15, 0.2) is 0 Å². The first kappa shape index (κ1) is 21.3. The summed E-state index contributed by atoms with van der Waals surface area (Å²) in [7, 11) is 1.68. The third-order valence-electron chi connectivity index (χ3n) is 7.10. The maximum atomic E-state index is 14.0. The summed E-state index contributed by atoms with van der Waals surface area (Å²) >= 11 is 0. The van der Waals surface area contributed by atoms with Crippen molar-refractivity contribution in [2.75, 3.05) is 24.7 Å². The van der Waals surface area contributed by atoms with E-state index in [-0.39, 0.29) is 36.7 Å². The molecule has 8 nitrogen and oxygen atoms in total. The molecule has 1 aliphatic carbocycles. The van der Waals surface area contributed by atoms with Crippen molar-refractivity contribution in [1.82, 2.24) is 14.6 Å². The quantitative estimate of drug-likeness (QED) is 0.710. The number of benzene rings is 1.